The van der Waals surface area contributed by atoms with Gasteiger partial charge in [0, 0.05) is 17.5 Å². The van der Waals surface area contributed by atoms with Crippen LogP contribution in [0.1, 0.15) is 0 Å². The number of nitrogens with zero attached hydrogens (tertiary/aromatic N) is 1. The SMILES string of the molecule is COc1ccc(OC)c(-c2csc(NC(=O)C3COCCN3)n2)c1.Cl. The van der Waals surface area contributed by atoms with Gasteiger partial charge in [0.1, 0.15) is 17.5 Å². The highest BCUT2D eigenvalue weighted by Crippen LogP contribution is 2.35. The molecule has 0 radical (unpaired) electrons. The number of halogens is 1. The Hall–Kier alpha value is -1.87. The standard InChI is InChI=1S/C16H19N3O4S.ClH/c1-21-10-3-4-14(22-2)11(7-10)13-9-24-16(18-13)19-15(20)12-8-23-6-5-17-12;/h3-4,7,9,12,17H,5-6,8H2,1-2H3,(H,18,19,20);1H. The molecule has 1 aliphatic rings. The van der Waals surface area contributed by atoms with E-state index in [4.69, 9.17) is 14.2 Å². The van der Waals surface area contributed by atoms with E-state index >= 15 is 0 Å². The molecule has 1 unspecified atom stereocenters. The summed E-state index contributed by atoms with van der Waals surface area (Å²) >= 11 is 1.36. The molecule has 1 atom stereocenters. The molecule has 25 heavy (non-hydrogen) atoms. The van der Waals surface area contributed by atoms with Crippen LogP contribution < -0.4 is 20.1 Å². The molecule has 3 rings (SSSR count). The summed E-state index contributed by atoms with van der Waals surface area (Å²) in [6.45, 7) is 1.66. The molecule has 1 fully saturated rings. The Bertz CT molecular complexity index is 719. The van der Waals surface area contributed by atoms with Crippen molar-refractivity contribution in [3.05, 3.63) is 23.6 Å². The summed E-state index contributed by atoms with van der Waals surface area (Å²) in [5, 5.41) is 8.34. The molecule has 2 aromatic rings. The van der Waals surface area contributed by atoms with Gasteiger partial charge < -0.3 is 24.8 Å². The summed E-state index contributed by atoms with van der Waals surface area (Å²) in [6, 6.07) is 5.16. The Morgan fingerprint density at radius 1 is 1.40 bits per heavy atom. The first-order valence-electron chi connectivity index (χ1n) is 7.51. The van der Waals surface area contributed by atoms with E-state index in [9.17, 15) is 4.79 Å². The monoisotopic (exact) mass is 385 g/mol. The van der Waals surface area contributed by atoms with Crippen molar-refractivity contribution in [2.24, 2.45) is 0 Å². The lowest BCUT2D eigenvalue weighted by Gasteiger charge is -2.22. The van der Waals surface area contributed by atoms with E-state index in [0.717, 1.165) is 11.3 Å². The normalized spacial score (nSPS) is 16.6. The van der Waals surface area contributed by atoms with Crippen molar-refractivity contribution < 1.29 is 19.0 Å². The molecule has 0 spiro atoms. The number of aromatic nitrogens is 1. The van der Waals surface area contributed by atoms with Crippen molar-refractivity contribution >= 4 is 34.8 Å². The summed E-state index contributed by atoms with van der Waals surface area (Å²) in [4.78, 5) is 16.7. The summed E-state index contributed by atoms with van der Waals surface area (Å²) in [7, 11) is 3.21. The van der Waals surface area contributed by atoms with Gasteiger partial charge in [0.05, 0.1) is 33.1 Å². The van der Waals surface area contributed by atoms with Crippen LogP contribution in [-0.4, -0.2) is 50.9 Å². The fourth-order valence-corrected chi connectivity index (χ4v) is 3.11. The quantitative estimate of drug-likeness (QED) is 0.821. The minimum atomic E-state index is -0.350. The van der Waals surface area contributed by atoms with Crippen LogP contribution in [-0.2, 0) is 9.53 Å². The number of ether oxygens (including phenoxy) is 3. The van der Waals surface area contributed by atoms with Crippen LogP contribution in [0.15, 0.2) is 23.6 Å². The molecular weight excluding hydrogens is 366 g/mol. The molecular formula is C16H20ClN3O4S. The maximum absolute atomic E-state index is 12.2. The van der Waals surface area contributed by atoms with Crippen molar-refractivity contribution in [3.63, 3.8) is 0 Å². The van der Waals surface area contributed by atoms with Gasteiger partial charge in [0.2, 0.25) is 5.91 Å². The van der Waals surface area contributed by atoms with Crippen LogP contribution in [0.4, 0.5) is 5.13 Å². The van der Waals surface area contributed by atoms with Gasteiger partial charge in [-0.25, -0.2) is 4.98 Å². The third-order valence-corrected chi connectivity index (χ3v) is 4.41. The van der Waals surface area contributed by atoms with Crippen LogP contribution in [0.3, 0.4) is 0 Å². The van der Waals surface area contributed by atoms with E-state index in [0.29, 0.717) is 36.4 Å². The lowest BCUT2D eigenvalue weighted by molar-refractivity contribution is -0.120. The molecule has 1 amide bonds. The van der Waals surface area contributed by atoms with Crippen molar-refractivity contribution in [2.45, 2.75) is 6.04 Å². The molecule has 0 aliphatic carbocycles. The van der Waals surface area contributed by atoms with Crippen molar-refractivity contribution in [1.82, 2.24) is 10.3 Å². The third kappa shape index (κ3) is 4.60. The number of methoxy groups -OCH3 is 2. The van der Waals surface area contributed by atoms with Crippen molar-refractivity contribution in [3.8, 4) is 22.8 Å². The third-order valence-electron chi connectivity index (χ3n) is 3.66. The molecule has 2 heterocycles. The zero-order valence-electron chi connectivity index (χ0n) is 13.9. The molecule has 0 saturated carbocycles. The number of hydrogen-bond acceptors (Lipinski definition) is 7. The first kappa shape index (κ1) is 19.5. The number of carbonyl (C=O) groups is 1. The molecule has 136 valence electrons. The lowest BCUT2D eigenvalue weighted by atomic mass is 10.1. The smallest absolute Gasteiger partial charge is 0.245 e. The second-order valence-electron chi connectivity index (χ2n) is 5.17. The Balaban J connectivity index is 0.00000225. The highest BCUT2D eigenvalue weighted by atomic mass is 35.5. The zero-order valence-corrected chi connectivity index (χ0v) is 15.5. The van der Waals surface area contributed by atoms with E-state index in [-0.39, 0.29) is 24.4 Å². The summed E-state index contributed by atoms with van der Waals surface area (Å²) in [5.74, 6) is 1.27. The van der Waals surface area contributed by atoms with Crippen molar-refractivity contribution in [2.75, 3.05) is 39.3 Å². The highest BCUT2D eigenvalue weighted by molar-refractivity contribution is 7.14. The molecule has 1 aromatic heterocycles. The topological polar surface area (TPSA) is 81.7 Å². The first-order valence-corrected chi connectivity index (χ1v) is 8.39. The number of thiazole rings is 1. The minimum Gasteiger partial charge on any atom is -0.497 e. The average molecular weight is 386 g/mol. The number of anilines is 1. The van der Waals surface area contributed by atoms with Crippen LogP contribution >= 0.6 is 23.7 Å². The van der Waals surface area contributed by atoms with E-state index in [1.165, 1.54) is 11.3 Å². The van der Waals surface area contributed by atoms with Crippen LogP contribution in [0.2, 0.25) is 0 Å². The molecule has 0 bridgehead atoms. The largest absolute Gasteiger partial charge is 0.497 e. The fraction of sp³-hybridized carbons (Fsp3) is 0.375. The van der Waals surface area contributed by atoms with Gasteiger partial charge in [-0.15, -0.1) is 23.7 Å². The predicted molar refractivity (Wildman–Crippen MR) is 99.1 cm³/mol. The molecule has 1 saturated heterocycles. The number of amides is 1. The summed E-state index contributed by atoms with van der Waals surface area (Å²) < 4.78 is 15.9. The Kier molecular flexibility index (Phi) is 7.01. The molecule has 7 nitrogen and oxygen atoms in total. The van der Waals surface area contributed by atoms with Crippen LogP contribution in [0, 0.1) is 0 Å². The number of rotatable bonds is 5. The number of nitrogens with one attached hydrogen (secondary N) is 2. The molecule has 1 aromatic carbocycles. The van der Waals surface area contributed by atoms with Gasteiger partial charge in [-0.3, -0.25) is 4.79 Å². The van der Waals surface area contributed by atoms with Gasteiger partial charge in [-0.1, -0.05) is 0 Å². The molecule has 1 aliphatic heterocycles. The van der Waals surface area contributed by atoms with Gasteiger partial charge in [-0.05, 0) is 18.2 Å². The second-order valence-corrected chi connectivity index (χ2v) is 6.03. The minimum absolute atomic E-state index is 0. The Morgan fingerprint density at radius 2 is 2.24 bits per heavy atom. The Morgan fingerprint density at radius 3 is 2.92 bits per heavy atom. The van der Waals surface area contributed by atoms with Gasteiger partial charge in [0.25, 0.3) is 0 Å². The highest BCUT2D eigenvalue weighted by Gasteiger charge is 2.22. The maximum Gasteiger partial charge on any atom is 0.245 e. The Labute approximate surface area is 156 Å². The number of hydrogen-bond donors (Lipinski definition) is 2. The predicted octanol–water partition coefficient (Wildman–Crippen LogP) is 2.18. The zero-order chi connectivity index (χ0) is 16.9. The second kappa shape index (κ2) is 9.00. The van der Waals surface area contributed by atoms with E-state index < -0.39 is 0 Å². The van der Waals surface area contributed by atoms with Gasteiger partial charge in [0.15, 0.2) is 5.13 Å². The first-order chi connectivity index (χ1) is 11.7. The fourth-order valence-electron chi connectivity index (χ4n) is 2.40. The van der Waals surface area contributed by atoms with Gasteiger partial charge >= 0.3 is 0 Å². The summed E-state index contributed by atoms with van der Waals surface area (Å²) in [5.41, 5.74) is 1.53. The number of benzene rings is 1. The average Bonchev–Trinajstić information content (AvgIpc) is 3.10. The molecule has 2 N–H and O–H groups in total. The van der Waals surface area contributed by atoms with E-state index in [1.807, 2.05) is 23.6 Å². The van der Waals surface area contributed by atoms with Crippen LogP contribution in [0.25, 0.3) is 11.3 Å². The van der Waals surface area contributed by atoms with E-state index in [2.05, 4.69) is 15.6 Å². The van der Waals surface area contributed by atoms with E-state index in [1.54, 1.807) is 14.2 Å². The number of morpholine rings is 1. The van der Waals surface area contributed by atoms with Gasteiger partial charge in [-0.2, -0.15) is 0 Å². The lowest BCUT2D eigenvalue weighted by Crippen LogP contribution is -2.48. The summed E-state index contributed by atoms with van der Waals surface area (Å²) in [6.07, 6.45) is 0. The number of carbonyl (C=O) groups excluding carboxylic acids is 1. The molecule has 9 heteroatoms. The van der Waals surface area contributed by atoms with Crippen LogP contribution in [0.5, 0.6) is 11.5 Å². The van der Waals surface area contributed by atoms with Crippen molar-refractivity contribution in [1.29, 1.82) is 0 Å². The maximum atomic E-state index is 12.2.